The molecule has 0 aliphatic rings. The van der Waals surface area contributed by atoms with Crippen LogP contribution in [0.25, 0.3) is 0 Å². The van der Waals surface area contributed by atoms with E-state index in [1.807, 2.05) is 20.0 Å². The van der Waals surface area contributed by atoms with Crippen molar-refractivity contribution < 1.29 is 4.39 Å². The number of thiophene rings is 1. The highest BCUT2D eigenvalue weighted by Gasteiger charge is 2.15. The summed E-state index contributed by atoms with van der Waals surface area (Å²) in [5.41, 5.74) is 3.44. The Morgan fingerprint density at radius 3 is 2.58 bits per heavy atom. The van der Waals surface area contributed by atoms with Gasteiger partial charge in [-0.2, -0.15) is 0 Å². The maximum absolute atomic E-state index is 13.3. The van der Waals surface area contributed by atoms with E-state index < -0.39 is 0 Å². The molecular weight excluding hydrogens is 325 g/mol. The predicted octanol–water partition coefficient (Wildman–Crippen LogP) is 4.77. The molecule has 0 amide bonds. The molecule has 2 aromatic rings. The van der Waals surface area contributed by atoms with Gasteiger partial charge in [-0.1, -0.05) is 6.07 Å². The fourth-order valence-corrected chi connectivity index (χ4v) is 3.76. The average molecular weight is 342 g/mol. The molecular formula is C15H17BrFNS. The lowest BCUT2D eigenvalue weighted by Crippen LogP contribution is -2.18. The van der Waals surface area contributed by atoms with E-state index in [0.717, 1.165) is 17.5 Å². The lowest BCUT2D eigenvalue weighted by atomic mass is 10.00. The van der Waals surface area contributed by atoms with E-state index in [2.05, 4.69) is 34.2 Å². The molecule has 1 unspecified atom stereocenters. The van der Waals surface area contributed by atoms with E-state index in [4.69, 9.17) is 0 Å². The van der Waals surface area contributed by atoms with Crippen molar-refractivity contribution in [2.45, 2.75) is 26.3 Å². The number of rotatable bonds is 4. The molecule has 4 heteroatoms. The van der Waals surface area contributed by atoms with E-state index >= 15 is 0 Å². The van der Waals surface area contributed by atoms with Crippen LogP contribution in [0, 0.1) is 19.7 Å². The zero-order chi connectivity index (χ0) is 14.0. The number of benzene rings is 1. The molecule has 1 atom stereocenters. The Kier molecular flexibility index (Phi) is 4.76. The largest absolute Gasteiger partial charge is 0.312 e. The number of aryl methyl sites for hydroxylation is 2. The van der Waals surface area contributed by atoms with Crippen molar-refractivity contribution in [3.63, 3.8) is 0 Å². The average Bonchev–Trinajstić information content (AvgIpc) is 2.70. The second kappa shape index (κ2) is 6.16. The molecule has 0 fully saturated rings. The summed E-state index contributed by atoms with van der Waals surface area (Å²) >= 11 is 5.29. The smallest absolute Gasteiger partial charge is 0.123 e. The van der Waals surface area contributed by atoms with Crippen LogP contribution >= 0.6 is 27.3 Å². The molecule has 19 heavy (non-hydrogen) atoms. The Bertz CT molecular complexity index is 560. The van der Waals surface area contributed by atoms with Gasteiger partial charge in [0.15, 0.2) is 0 Å². The highest BCUT2D eigenvalue weighted by atomic mass is 79.9. The summed E-state index contributed by atoms with van der Waals surface area (Å²) < 4.78 is 14.5. The molecule has 1 aromatic heterocycles. The molecule has 1 heterocycles. The monoisotopic (exact) mass is 341 g/mol. The van der Waals surface area contributed by atoms with E-state index in [9.17, 15) is 4.39 Å². The van der Waals surface area contributed by atoms with Gasteiger partial charge in [0, 0.05) is 10.9 Å². The van der Waals surface area contributed by atoms with Gasteiger partial charge in [-0.3, -0.25) is 0 Å². The molecule has 0 aliphatic carbocycles. The summed E-state index contributed by atoms with van der Waals surface area (Å²) in [6.45, 7) is 4.11. The Hall–Kier alpha value is -0.710. The van der Waals surface area contributed by atoms with Crippen LogP contribution < -0.4 is 5.32 Å². The maximum Gasteiger partial charge on any atom is 0.123 e. The maximum atomic E-state index is 13.3. The second-order valence-corrected chi connectivity index (χ2v) is 7.12. The summed E-state index contributed by atoms with van der Waals surface area (Å²) in [5, 5.41) is 3.32. The number of nitrogens with one attached hydrogen (secondary N) is 1. The van der Waals surface area contributed by atoms with Gasteiger partial charge >= 0.3 is 0 Å². The van der Waals surface area contributed by atoms with Crippen LogP contribution in [-0.2, 0) is 6.42 Å². The lowest BCUT2D eigenvalue weighted by molar-refractivity contribution is 0.590. The minimum atomic E-state index is -0.168. The first-order valence-corrected chi connectivity index (χ1v) is 7.80. The minimum absolute atomic E-state index is 0.168. The Balaban J connectivity index is 2.26. The van der Waals surface area contributed by atoms with Crippen molar-refractivity contribution in [3.8, 4) is 0 Å². The Morgan fingerprint density at radius 1 is 1.26 bits per heavy atom. The van der Waals surface area contributed by atoms with Crippen molar-refractivity contribution in [1.82, 2.24) is 5.32 Å². The minimum Gasteiger partial charge on any atom is -0.312 e. The van der Waals surface area contributed by atoms with Crippen LogP contribution in [0.5, 0.6) is 0 Å². The van der Waals surface area contributed by atoms with E-state index in [0.29, 0.717) is 0 Å². The molecule has 1 aromatic carbocycles. The molecule has 0 radical (unpaired) electrons. The van der Waals surface area contributed by atoms with Gasteiger partial charge in [0.25, 0.3) is 0 Å². The van der Waals surface area contributed by atoms with Gasteiger partial charge in [-0.05, 0) is 78.1 Å². The molecule has 2 rings (SSSR count). The van der Waals surface area contributed by atoms with Crippen molar-refractivity contribution in [3.05, 3.63) is 55.4 Å². The first-order valence-electron chi connectivity index (χ1n) is 6.19. The normalized spacial score (nSPS) is 12.7. The van der Waals surface area contributed by atoms with Crippen LogP contribution in [0.3, 0.4) is 0 Å². The third kappa shape index (κ3) is 3.44. The summed E-state index contributed by atoms with van der Waals surface area (Å²) in [7, 11) is 1.95. The first-order chi connectivity index (χ1) is 9.01. The van der Waals surface area contributed by atoms with E-state index in [1.165, 1.54) is 20.3 Å². The summed E-state index contributed by atoms with van der Waals surface area (Å²) in [4.78, 5) is 1.27. The number of hydrogen-bond donors (Lipinski definition) is 1. The molecule has 0 aliphatic heterocycles. The molecule has 1 nitrogen and oxygen atoms in total. The van der Waals surface area contributed by atoms with Crippen molar-refractivity contribution >= 4 is 27.3 Å². The molecule has 1 N–H and O–H groups in total. The second-order valence-electron chi connectivity index (χ2n) is 4.72. The highest BCUT2D eigenvalue weighted by molar-refractivity contribution is 9.11. The zero-order valence-electron chi connectivity index (χ0n) is 11.3. The van der Waals surface area contributed by atoms with Gasteiger partial charge in [0.2, 0.25) is 0 Å². The van der Waals surface area contributed by atoms with Crippen LogP contribution in [-0.4, -0.2) is 7.05 Å². The molecule has 0 saturated carbocycles. The van der Waals surface area contributed by atoms with E-state index in [-0.39, 0.29) is 11.9 Å². The summed E-state index contributed by atoms with van der Waals surface area (Å²) in [6.07, 6.45) is 0.798. The molecule has 0 bridgehead atoms. The molecule has 0 saturated heterocycles. The Labute approximate surface area is 126 Å². The summed E-state index contributed by atoms with van der Waals surface area (Å²) in [5.74, 6) is -0.168. The molecule has 102 valence electrons. The number of halogens is 2. The van der Waals surface area contributed by atoms with Crippen LogP contribution in [0.15, 0.2) is 28.1 Å². The topological polar surface area (TPSA) is 12.0 Å². The van der Waals surface area contributed by atoms with E-state index in [1.54, 1.807) is 17.4 Å². The lowest BCUT2D eigenvalue weighted by Gasteiger charge is -2.16. The quantitative estimate of drug-likeness (QED) is 0.844. The van der Waals surface area contributed by atoms with Crippen molar-refractivity contribution in [2.75, 3.05) is 7.05 Å². The summed E-state index contributed by atoms with van der Waals surface area (Å²) in [6, 6.07) is 7.39. The fourth-order valence-electron chi connectivity index (χ4n) is 2.08. The van der Waals surface area contributed by atoms with Crippen molar-refractivity contribution in [1.29, 1.82) is 0 Å². The van der Waals surface area contributed by atoms with Crippen molar-refractivity contribution in [2.24, 2.45) is 0 Å². The number of hydrogen-bond acceptors (Lipinski definition) is 2. The van der Waals surface area contributed by atoms with Crippen LogP contribution in [0.4, 0.5) is 4.39 Å². The predicted molar refractivity (Wildman–Crippen MR) is 83.4 cm³/mol. The zero-order valence-corrected chi connectivity index (χ0v) is 13.7. The van der Waals surface area contributed by atoms with Crippen LogP contribution in [0.2, 0.25) is 0 Å². The van der Waals surface area contributed by atoms with Gasteiger partial charge in [-0.25, -0.2) is 4.39 Å². The fraction of sp³-hybridized carbons (Fsp3) is 0.333. The van der Waals surface area contributed by atoms with Crippen LogP contribution in [0.1, 0.15) is 27.6 Å². The Morgan fingerprint density at radius 2 is 2.00 bits per heavy atom. The van der Waals surface area contributed by atoms with Gasteiger partial charge in [0.1, 0.15) is 5.82 Å². The van der Waals surface area contributed by atoms with Gasteiger partial charge in [-0.15, -0.1) is 11.3 Å². The van der Waals surface area contributed by atoms with Gasteiger partial charge < -0.3 is 5.32 Å². The molecule has 0 spiro atoms. The SMILES string of the molecule is CNC(Cc1cc(F)ccc1C)c1cc(C)c(Br)s1. The van der Waals surface area contributed by atoms with Gasteiger partial charge in [0.05, 0.1) is 3.79 Å². The third-order valence-corrected chi connectivity index (χ3v) is 5.55. The first kappa shape index (κ1) is 14.7. The third-order valence-electron chi connectivity index (χ3n) is 3.30. The highest BCUT2D eigenvalue weighted by Crippen LogP contribution is 2.33. The standard InChI is InChI=1S/C15H17BrFNS/c1-9-4-5-12(17)7-11(9)8-13(18-3)14-6-10(2)15(16)19-14/h4-7,13,18H,8H2,1-3H3. The number of likely N-dealkylation sites (N-methyl/N-ethyl adjacent to an activating group) is 1.